The fourth-order valence-corrected chi connectivity index (χ4v) is 11.4. The highest BCUT2D eigenvalue weighted by Crippen LogP contribution is 2.43. The van der Waals surface area contributed by atoms with Crippen molar-refractivity contribution in [3.63, 3.8) is 0 Å². The molecule has 11 aromatic rings. The molecule has 0 aliphatic heterocycles. The third kappa shape index (κ3) is 4.38. The Morgan fingerprint density at radius 2 is 0.823 bits per heavy atom. The summed E-state index contributed by atoms with van der Waals surface area (Å²) in [7, 11) is 0. The third-order valence-electron chi connectivity index (χ3n) is 14.4. The number of benzene rings is 9. The van der Waals surface area contributed by atoms with Gasteiger partial charge in [0.15, 0.2) is 0 Å². The Morgan fingerprint density at radius 1 is 0.323 bits per heavy atom. The van der Waals surface area contributed by atoms with Gasteiger partial charge in [-0.1, -0.05) is 182 Å². The van der Waals surface area contributed by atoms with Crippen LogP contribution in [0.1, 0.15) is 56.3 Å². The van der Waals surface area contributed by atoms with Gasteiger partial charge in [-0.25, -0.2) is 9.97 Å². The van der Waals surface area contributed by atoms with Crippen LogP contribution in [0.25, 0.3) is 136 Å². The van der Waals surface area contributed by atoms with E-state index in [0.29, 0.717) is 0 Å². The van der Waals surface area contributed by atoms with Crippen LogP contribution >= 0.6 is 0 Å². The summed E-state index contributed by atoms with van der Waals surface area (Å²) in [5, 5.41) is 15.2. The predicted molar refractivity (Wildman–Crippen MR) is 264 cm³/mol. The van der Waals surface area contributed by atoms with E-state index in [2.05, 4.69) is 194 Å². The SMILES string of the molecule is C1=CC(c2ccc(-c3ccc(C4C=Cc5c(c6nc7ccc8c9c(ccc(c79)c6c6ccccc56)C=C8)=C4)cc3)cc2)C=c2c1ccc1c2nc2ccc3c4c(ccc1c24)C=C3. The Balaban J connectivity index is 0.780. The lowest BCUT2D eigenvalue weighted by molar-refractivity contribution is 1.13. The quantitative estimate of drug-likeness (QED) is 0.132. The summed E-state index contributed by atoms with van der Waals surface area (Å²) in [6.07, 6.45) is 23.1. The molecule has 9 aromatic carbocycles. The van der Waals surface area contributed by atoms with Gasteiger partial charge >= 0.3 is 0 Å². The van der Waals surface area contributed by atoms with Gasteiger partial charge in [0.25, 0.3) is 0 Å². The van der Waals surface area contributed by atoms with Gasteiger partial charge in [-0.3, -0.25) is 0 Å². The average molecular weight is 783 g/mol. The molecule has 2 nitrogen and oxygen atoms in total. The summed E-state index contributed by atoms with van der Waals surface area (Å²) in [5.74, 6) is 0.305. The number of hydrogen-bond donors (Lipinski definition) is 0. The molecule has 2 aromatic heterocycles. The molecular formula is C60H34N2. The minimum atomic E-state index is 0.139. The largest absolute Gasteiger partial charge is 0.247 e. The number of fused-ring (bicyclic) bond motifs is 11. The third-order valence-corrected chi connectivity index (χ3v) is 14.4. The van der Waals surface area contributed by atoms with Gasteiger partial charge in [0, 0.05) is 43.8 Å². The Bertz CT molecular complexity index is 4100. The van der Waals surface area contributed by atoms with Gasteiger partial charge in [-0.05, 0) is 100 Å². The van der Waals surface area contributed by atoms with Gasteiger partial charge in [0.1, 0.15) is 0 Å². The molecule has 0 bridgehead atoms. The Kier molecular flexibility index (Phi) is 6.29. The number of allylic oxidation sites excluding steroid dienone is 2. The summed E-state index contributed by atoms with van der Waals surface area (Å²) >= 11 is 0. The first-order chi connectivity index (χ1) is 30.7. The first-order valence-corrected chi connectivity index (χ1v) is 21.7. The van der Waals surface area contributed by atoms with Crippen LogP contribution in [-0.2, 0) is 0 Å². The zero-order chi connectivity index (χ0) is 40.2. The lowest BCUT2D eigenvalue weighted by Crippen LogP contribution is -2.15. The van der Waals surface area contributed by atoms with Gasteiger partial charge in [0.05, 0.1) is 22.1 Å². The Labute approximate surface area is 356 Å². The maximum absolute atomic E-state index is 5.47. The second-order valence-corrected chi connectivity index (χ2v) is 17.6. The van der Waals surface area contributed by atoms with E-state index in [1.807, 2.05) is 0 Å². The summed E-state index contributed by atoms with van der Waals surface area (Å²) in [6, 6.07) is 49.7. The van der Waals surface area contributed by atoms with Crippen LogP contribution in [0, 0.1) is 0 Å². The standard InChI is InChI=1S/C60H34N2/c1-2-4-46-44(3-1)45-25-22-43(32-51(45)60-56(46)49-28-21-39-15-17-41-24-30-53(62-60)58(49)55(39)41)36-11-7-34(8-12-36)33-5-9-35(10-6-33)42-18-13-37-19-27-48-47-26-20-38-14-16-40-23-29-52(57(47)54(38)40)61-59(48)50(37)31-42/h1-32,42-43H. The van der Waals surface area contributed by atoms with E-state index in [4.69, 9.17) is 9.97 Å². The average Bonchev–Trinajstić information content (AvgIpc) is 3.98. The fourth-order valence-electron chi connectivity index (χ4n) is 11.4. The molecule has 15 rings (SSSR count). The van der Waals surface area contributed by atoms with E-state index < -0.39 is 0 Å². The van der Waals surface area contributed by atoms with E-state index in [1.54, 1.807) is 0 Å². The molecule has 0 spiro atoms. The lowest BCUT2D eigenvalue weighted by Gasteiger charge is -2.19. The Hall–Kier alpha value is -7.94. The molecule has 2 atom stereocenters. The molecule has 0 saturated heterocycles. The number of pyridine rings is 2. The summed E-state index contributed by atoms with van der Waals surface area (Å²) in [5.41, 5.74) is 16.9. The van der Waals surface area contributed by atoms with Gasteiger partial charge in [-0.15, -0.1) is 0 Å². The van der Waals surface area contributed by atoms with Crippen molar-refractivity contribution in [1.82, 2.24) is 9.97 Å². The molecule has 0 saturated carbocycles. The van der Waals surface area contributed by atoms with Crippen molar-refractivity contribution in [2.45, 2.75) is 11.8 Å². The number of aromatic nitrogens is 2. The molecule has 0 amide bonds. The highest BCUT2D eigenvalue weighted by atomic mass is 14.7. The molecule has 4 aliphatic rings. The zero-order valence-corrected chi connectivity index (χ0v) is 33.5. The van der Waals surface area contributed by atoms with Crippen molar-refractivity contribution >= 4 is 125 Å². The van der Waals surface area contributed by atoms with Crippen LogP contribution in [0.5, 0.6) is 0 Å². The molecule has 62 heavy (non-hydrogen) atoms. The number of rotatable bonds is 3. The first kappa shape index (κ1) is 32.9. The molecular weight excluding hydrogens is 749 g/mol. The van der Waals surface area contributed by atoms with Crippen molar-refractivity contribution in [2.24, 2.45) is 0 Å². The second kappa shape index (κ2) is 11.9. The van der Waals surface area contributed by atoms with E-state index in [1.165, 1.54) is 120 Å². The smallest absolute Gasteiger partial charge is 0.0797 e. The molecule has 0 radical (unpaired) electrons. The number of hydrogen-bond acceptors (Lipinski definition) is 2. The monoisotopic (exact) mass is 782 g/mol. The highest BCUT2D eigenvalue weighted by molar-refractivity contribution is 6.29. The second-order valence-electron chi connectivity index (χ2n) is 17.6. The van der Waals surface area contributed by atoms with Gasteiger partial charge in [-0.2, -0.15) is 0 Å². The summed E-state index contributed by atoms with van der Waals surface area (Å²) in [6.45, 7) is 0. The van der Waals surface area contributed by atoms with E-state index in [0.717, 1.165) is 22.1 Å². The fraction of sp³-hybridized carbons (Fsp3) is 0.0333. The van der Waals surface area contributed by atoms with Crippen LogP contribution in [0.4, 0.5) is 0 Å². The molecule has 284 valence electrons. The van der Waals surface area contributed by atoms with Crippen molar-refractivity contribution in [2.75, 3.05) is 0 Å². The number of nitrogens with zero attached hydrogens (tertiary/aromatic N) is 2. The van der Waals surface area contributed by atoms with Crippen LogP contribution in [0.2, 0.25) is 0 Å². The first-order valence-electron chi connectivity index (χ1n) is 21.7. The minimum absolute atomic E-state index is 0.139. The lowest BCUT2D eigenvalue weighted by atomic mass is 9.86. The molecule has 2 heterocycles. The Morgan fingerprint density at radius 3 is 1.48 bits per heavy atom. The van der Waals surface area contributed by atoms with Crippen molar-refractivity contribution in [3.8, 4) is 11.1 Å². The summed E-state index contributed by atoms with van der Waals surface area (Å²) in [4.78, 5) is 10.8. The molecule has 2 heteroatoms. The molecule has 0 N–H and O–H groups in total. The van der Waals surface area contributed by atoms with Gasteiger partial charge < -0.3 is 0 Å². The van der Waals surface area contributed by atoms with E-state index in [-0.39, 0.29) is 11.8 Å². The van der Waals surface area contributed by atoms with Crippen molar-refractivity contribution < 1.29 is 0 Å². The van der Waals surface area contributed by atoms with Crippen molar-refractivity contribution in [1.29, 1.82) is 0 Å². The normalized spacial score (nSPS) is 16.7. The van der Waals surface area contributed by atoms with Crippen LogP contribution in [0.3, 0.4) is 0 Å². The van der Waals surface area contributed by atoms with Crippen LogP contribution < -0.4 is 10.4 Å². The zero-order valence-electron chi connectivity index (χ0n) is 33.5. The maximum Gasteiger partial charge on any atom is 0.0797 e. The topological polar surface area (TPSA) is 25.8 Å². The molecule has 4 aliphatic carbocycles. The van der Waals surface area contributed by atoms with E-state index in [9.17, 15) is 0 Å². The predicted octanol–water partition coefficient (Wildman–Crippen LogP) is 13.8. The molecule has 2 unspecified atom stereocenters. The minimum Gasteiger partial charge on any atom is -0.247 e. The molecule has 0 fully saturated rings. The maximum atomic E-state index is 5.47. The van der Waals surface area contributed by atoms with Crippen LogP contribution in [0.15, 0.2) is 146 Å². The highest BCUT2D eigenvalue weighted by Gasteiger charge is 2.22. The van der Waals surface area contributed by atoms with E-state index >= 15 is 0 Å². The van der Waals surface area contributed by atoms with Crippen molar-refractivity contribution in [3.05, 3.63) is 201 Å². The van der Waals surface area contributed by atoms with Crippen LogP contribution in [-0.4, -0.2) is 9.97 Å². The summed E-state index contributed by atoms with van der Waals surface area (Å²) < 4.78 is 0. The van der Waals surface area contributed by atoms with Gasteiger partial charge in [0.2, 0.25) is 0 Å².